The highest BCUT2D eigenvalue weighted by molar-refractivity contribution is 5.90. The van der Waals surface area contributed by atoms with Gasteiger partial charge in [0, 0.05) is 50.9 Å². The van der Waals surface area contributed by atoms with E-state index >= 15 is 0 Å². The number of hydrogen-bond donors (Lipinski definition) is 2. The fourth-order valence-electron chi connectivity index (χ4n) is 2.60. The van der Waals surface area contributed by atoms with Crippen molar-refractivity contribution >= 4 is 11.6 Å². The highest BCUT2D eigenvalue weighted by Crippen LogP contribution is 2.11. The predicted molar refractivity (Wildman–Crippen MR) is 81.6 cm³/mol. The molecule has 1 saturated heterocycles. The summed E-state index contributed by atoms with van der Waals surface area (Å²) in [6.45, 7) is 4.11. The van der Waals surface area contributed by atoms with Gasteiger partial charge in [-0.05, 0) is 25.2 Å². The molecule has 6 heteroatoms. The Kier molecular flexibility index (Phi) is 5.67. The van der Waals surface area contributed by atoms with Gasteiger partial charge >= 0.3 is 0 Å². The van der Waals surface area contributed by atoms with Gasteiger partial charge in [-0.3, -0.25) is 9.69 Å². The number of halogens is 1. The van der Waals surface area contributed by atoms with Crippen LogP contribution in [0.3, 0.4) is 0 Å². The zero-order chi connectivity index (χ0) is 15.2. The minimum atomic E-state index is -0.352. The van der Waals surface area contributed by atoms with E-state index in [-0.39, 0.29) is 11.7 Å². The molecule has 1 atom stereocenters. The minimum absolute atomic E-state index is 0.102. The van der Waals surface area contributed by atoms with Crippen LogP contribution in [-0.2, 0) is 4.79 Å². The quantitative estimate of drug-likeness (QED) is 0.840. The molecule has 0 saturated carbocycles. The molecule has 1 heterocycles. The average Bonchev–Trinajstić information content (AvgIpc) is 2.45. The van der Waals surface area contributed by atoms with Gasteiger partial charge in [0.05, 0.1) is 0 Å². The van der Waals surface area contributed by atoms with Crippen LogP contribution in [0.2, 0.25) is 0 Å². The lowest BCUT2D eigenvalue weighted by atomic mass is 10.1. The van der Waals surface area contributed by atoms with Crippen molar-refractivity contribution in [2.24, 2.45) is 5.73 Å². The second-order valence-corrected chi connectivity index (χ2v) is 5.50. The number of rotatable bonds is 5. The Labute approximate surface area is 124 Å². The molecule has 1 aliphatic rings. The van der Waals surface area contributed by atoms with Crippen molar-refractivity contribution in [3.63, 3.8) is 0 Å². The summed E-state index contributed by atoms with van der Waals surface area (Å²) < 4.78 is 13.0. The van der Waals surface area contributed by atoms with E-state index in [1.807, 2.05) is 0 Å². The van der Waals surface area contributed by atoms with Gasteiger partial charge in [0.15, 0.2) is 0 Å². The summed E-state index contributed by atoms with van der Waals surface area (Å²) in [6.07, 6.45) is 0.386. The van der Waals surface area contributed by atoms with E-state index in [0.29, 0.717) is 31.2 Å². The summed E-state index contributed by atoms with van der Waals surface area (Å²) in [5.74, 6) is -0.453. The van der Waals surface area contributed by atoms with Crippen molar-refractivity contribution < 1.29 is 9.18 Å². The SMILES string of the molecule is CN1CCN(CCC(=O)Nc2cccc(F)c2)C(CN)C1. The molecule has 2 rings (SSSR count). The molecule has 116 valence electrons. The standard InChI is InChI=1S/C15H23FN4O/c1-19-7-8-20(14(10-17)11-19)6-5-15(21)18-13-4-2-3-12(16)9-13/h2-4,9,14H,5-8,10-11,17H2,1H3,(H,18,21). The Balaban J connectivity index is 1.80. The second-order valence-electron chi connectivity index (χ2n) is 5.50. The van der Waals surface area contributed by atoms with Crippen molar-refractivity contribution in [3.8, 4) is 0 Å². The van der Waals surface area contributed by atoms with Crippen molar-refractivity contribution in [2.75, 3.05) is 45.1 Å². The molecule has 1 amide bonds. The number of carbonyl (C=O) groups is 1. The van der Waals surface area contributed by atoms with Crippen LogP contribution >= 0.6 is 0 Å². The number of amides is 1. The van der Waals surface area contributed by atoms with Crippen molar-refractivity contribution in [2.45, 2.75) is 12.5 Å². The third-order valence-corrected chi connectivity index (χ3v) is 3.81. The van der Waals surface area contributed by atoms with Crippen LogP contribution in [0.4, 0.5) is 10.1 Å². The Morgan fingerprint density at radius 2 is 2.29 bits per heavy atom. The van der Waals surface area contributed by atoms with Crippen molar-refractivity contribution in [1.82, 2.24) is 9.80 Å². The molecule has 0 radical (unpaired) electrons. The van der Waals surface area contributed by atoms with Crippen LogP contribution in [0.5, 0.6) is 0 Å². The number of nitrogens with one attached hydrogen (secondary N) is 1. The third-order valence-electron chi connectivity index (χ3n) is 3.81. The second kappa shape index (κ2) is 7.49. The van der Waals surface area contributed by atoms with Gasteiger partial charge in [-0.2, -0.15) is 0 Å². The van der Waals surface area contributed by atoms with E-state index in [1.165, 1.54) is 12.1 Å². The lowest BCUT2D eigenvalue weighted by Gasteiger charge is -2.39. The maximum Gasteiger partial charge on any atom is 0.225 e. The van der Waals surface area contributed by atoms with Crippen molar-refractivity contribution in [1.29, 1.82) is 0 Å². The van der Waals surface area contributed by atoms with Crippen molar-refractivity contribution in [3.05, 3.63) is 30.1 Å². The molecule has 3 N–H and O–H groups in total. The molecule has 1 aromatic carbocycles. The number of anilines is 1. The zero-order valence-electron chi connectivity index (χ0n) is 12.4. The lowest BCUT2D eigenvalue weighted by Crippen LogP contribution is -2.55. The van der Waals surface area contributed by atoms with Crippen LogP contribution in [0.15, 0.2) is 24.3 Å². The first kappa shape index (κ1) is 15.9. The fraction of sp³-hybridized carbons (Fsp3) is 0.533. The maximum absolute atomic E-state index is 13.0. The van der Waals surface area contributed by atoms with E-state index < -0.39 is 0 Å². The lowest BCUT2D eigenvalue weighted by molar-refractivity contribution is -0.116. The molecule has 1 fully saturated rings. The Hall–Kier alpha value is -1.50. The maximum atomic E-state index is 13.0. The summed E-state index contributed by atoms with van der Waals surface area (Å²) >= 11 is 0. The van der Waals surface area contributed by atoms with E-state index in [1.54, 1.807) is 12.1 Å². The van der Waals surface area contributed by atoms with E-state index in [2.05, 4.69) is 22.2 Å². The molecule has 5 nitrogen and oxygen atoms in total. The predicted octanol–water partition coefficient (Wildman–Crippen LogP) is 0.729. The summed E-state index contributed by atoms with van der Waals surface area (Å²) in [7, 11) is 2.08. The molecule has 0 aliphatic carbocycles. The average molecular weight is 294 g/mol. The van der Waals surface area contributed by atoms with E-state index in [9.17, 15) is 9.18 Å². The number of benzene rings is 1. The smallest absolute Gasteiger partial charge is 0.225 e. The summed E-state index contributed by atoms with van der Waals surface area (Å²) in [5, 5.41) is 2.72. The number of likely N-dealkylation sites (N-methyl/N-ethyl adjacent to an activating group) is 1. The molecule has 21 heavy (non-hydrogen) atoms. The molecule has 0 aromatic heterocycles. The largest absolute Gasteiger partial charge is 0.329 e. The molecular formula is C15H23FN4O. The van der Waals surface area contributed by atoms with Crippen LogP contribution in [0.25, 0.3) is 0 Å². The monoisotopic (exact) mass is 294 g/mol. The number of piperazine rings is 1. The van der Waals surface area contributed by atoms with Crippen LogP contribution in [-0.4, -0.2) is 61.5 Å². The Morgan fingerprint density at radius 3 is 3.00 bits per heavy atom. The van der Waals surface area contributed by atoms with Gasteiger partial charge in [-0.25, -0.2) is 4.39 Å². The van der Waals surface area contributed by atoms with E-state index in [0.717, 1.165) is 19.6 Å². The zero-order valence-corrected chi connectivity index (χ0v) is 12.4. The minimum Gasteiger partial charge on any atom is -0.329 e. The fourth-order valence-corrected chi connectivity index (χ4v) is 2.60. The van der Waals surface area contributed by atoms with Gasteiger partial charge in [-0.15, -0.1) is 0 Å². The molecule has 0 spiro atoms. The molecule has 1 aliphatic heterocycles. The molecule has 1 aromatic rings. The summed E-state index contributed by atoms with van der Waals surface area (Å²) in [5.41, 5.74) is 6.29. The third kappa shape index (κ3) is 4.77. The first-order chi connectivity index (χ1) is 10.1. The van der Waals surface area contributed by atoms with Gasteiger partial charge in [0.1, 0.15) is 5.82 Å². The summed E-state index contributed by atoms with van der Waals surface area (Å²) in [6, 6.07) is 6.23. The Bertz CT molecular complexity index is 482. The summed E-state index contributed by atoms with van der Waals surface area (Å²) in [4.78, 5) is 16.4. The Morgan fingerprint density at radius 1 is 1.48 bits per heavy atom. The first-order valence-corrected chi connectivity index (χ1v) is 7.26. The molecule has 0 bridgehead atoms. The molecular weight excluding hydrogens is 271 g/mol. The van der Waals surface area contributed by atoms with Gasteiger partial charge in [-0.1, -0.05) is 6.07 Å². The van der Waals surface area contributed by atoms with Gasteiger partial charge in [0.25, 0.3) is 0 Å². The highest BCUT2D eigenvalue weighted by atomic mass is 19.1. The normalized spacial score (nSPS) is 20.4. The highest BCUT2D eigenvalue weighted by Gasteiger charge is 2.24. The first-order valence-electron chi connectivity index (χ1n) is 7.26. The molecule has 1 unspecified atom stereocenters. The van der Waals surface area contributed by atoms with Gasteiger partial charge < -0.3 is 16.0 Å². The topological polar surface area (TPSA) is 61.6 Å². The van der Waals surface area contributed by atoms with Crippen LogP contribution in [0, 0.1) is 5.82 Å². The number of nitrogens with two attached hydrogens (primary N) is 1. The van der Waals surface area contributed by atoms with Gasteiger partial charge in [0.2, 0.25) is 5.91 Å². The van der Waals surface area contributed by atoms with Crippen LogP contribution < -0.4 is 11.1 Å². The van der Waals surface area contributed by atoms with E-state index in [4.69, 9.17) is 5.73 Å². The number of nitrogens with zero attached hydrogens (tertiary/aromatic N) is 2. The number of hydrogen-bond acceptors (Lipinski definition) is 4. The van der Waals surface area contributed by atoms with Crippen LogP contribution in [0.1, 0.15) is 6.42 Å². The number of carbonyl (C=O) groups excluding carboxylic acids is 1.